The number of carbonyl (C=O) groups excluding carboxylic acids is 1. The third-order valence-corrected chi connectivity index (χ3v) is 5.17. The molecule has 0 spiro atoms. The molecule has 0 aliphatic heterocycles. The van der Waals surface area contributed by atoms with Crippen molar-refractivity contribution >= 4 is 27.5 Å². The summed E-state index contributed by atoms with van der Waals surface area (Å²) in [5.74, 6) is -0.441. The van der Waals surface area contributed by atoms with E-state index in [1.54, 1.807) is 30.8 Å². The van der Waals surface area contributed by atoms with Crippen molar-refractivity contribution in [1.82, 2.24) is 14.7 Å². The number of thiophene rings is 1. The van der Waals surface area contributed by atoms with Crippen molar-refractivity contribution in [2.24, 2.45) is 0 Å². The quantitative estimate of drug-likeness (QED) is 0.789. The van der Waals surface area contributed by atoms with Crippen LogP contribution in [0.15, 0.2) is 30.3 Å². The summed E-state index contributed by atoms with van der Waals surface area (Å²) in [6.45, 7) is 3.58. The van der Waals surface area contributed by atoms with Crippen LogP contribution >= 0.6 is 11.3 Å². The first kappa shape index (κ1) is 16.6. The number of hydrogen-bond acceptors (Lipinski definition) is 4. The number of fused-ring (bicyclic) bond motifs is 1. The van der Waals surface area contributed by atoms with Crippen LogP contribution in [0.5, 0.6) is 0 Å². The van der Waals surface area contributed by atoms with E-state index in [-0.39, 0.29) is 24.4 Å². The minimum atomic E-state index is -0.305. The second-order valence-electron chi connectivity index (χ2n) is 5.75. The highest BCUT2D eigenvalue weighted by atomic mass is 32.1. The normalized spacial score (nSPS) is 12.5. The molecule has 0 saturated carbocycles. The monoisotopic (exact) mass is 347 g/mol. The summed E-state index contributed by atoms with van der Waals surface area (Å²) in [5.41, 5.74) is 1.55. The Morgan fingerprint density at radius 2 is 2.08 bits per heavy atom. The van der Waals surface area contributed by atoms with Gasteiger partial charge in [0.05, 0.1) is 28.9 Å². The van der Waals surface area contributed by atoms with Crippen molar-refractivity contribution in [3.8, 4) is 5.69 Å². The number of hydrogen-bond donors (Lipinski definition) is 1. The van der Waals surface area contributed by atoms with Crippen LogP contribution in [-0.2, 0) is 0 Å². The van der Waals surface area contributed by atoms with Gasteiger partial charge in [-0.05, 0) is 44.2 Å². The van der Waals surface area contributed by atoms with E-state index in [1.807, 2.05) is 13.0 Å². The molecule has 1 N–H and O–H groups in total. The Morgan fingerprint density at radius 1 is 1.42 bits per heavy atom. The number of carbonyl (C=O) groups is 1. The van der Waals surface area contributed by atoms with Crippen molar-refractivity contribution in [3.63, 3.8) is 0 Å². The largest absolute Gasteiger partial charge is 0.394 e. The molecule has 1 unspecified atom stereocenters. The number of likely N-dealkylation sites (N-methyl/N-ethyl adjacent to an activating group) is 1. The van der Waals surface area contributed by atoms with E-state index in [2.05, 4.69) is 5.10 Å². The van der Waals surface area contributed by atoms with Crippen molar-refractivity contribution in [3.05, 3.63) is 46.7 Å². The maximum atomic E-state index is 13.1. The highest BCUT2D eigenvalue weighted by Crippen LogP contribution is 2.31. The molecular formula is C17H18FN3O2S. The van der Waals surface area contributed by atoms with Crippen molar-refractivity contribution in [1.29, 1.82) is 0 Å². The molecule has 0 radical (unpaired) electrons. The van der Waals surface area contributed by atoms with E-state index >= 15 is 0 Å². The summed E-state index contributed by atoms with van der Waals surface area (Å²) in [6, 6.07) is 7.65. The predicted octanol–water partition coefficient (Wildman–Crippen LogP) is 2.99. The Bertz CT molecular complexity index is 885. The lowest BCUT2D eigenvalue weighted by Gasteiger charge is -2.22. The van der Waals surface area contributed by atoms with Gasteiger partial charge in [0.25, 0.3) is 5.91 Å². The van der Waals surface area contributed by atoms with Crippen LogP contribution in [0.2, 0.25) is 0 Å². The first-order chi connectivity index (χ1) is 11.4. The smallest absolute Gasteiger partial charge is 0.264 e. The number of halogens is 1. The molecule has 0 aliphatic rings. The molecule has 0 bridgehead atoms. The molecule has 1 atom stereocenters. The summed E-state index contributed by atoms with van der Waals surface area (Å²) in [7, 11) is 1.67. The molecule has 3 aromatic rings. The van der Waals surface area contributed by atoms with Crippen molar-refractivity contribution in [2.45, 2.75) is 19.9 Å². The van der Waals surface area contributed by atoms with Crippen LogP contribution in [0.1, 0.15) is 22.3 Å². The SMILES string of the molecule is Cc1nn(-c2ccc(F)cc2)c2sc(C(=O)N(C)C(C)CO)cc12. The van der Waals surface area contributed by atoms with Gasteiger partial charge >= 0.3 is 0 Å². The third-order valence-electron chi connectivity index (χ3n) is 4.07. The molecule has 1 amide bonds. The maximum absolute atomic E-state index is 13.1. The average molecular weight is 347 g/mol. The van der Waals surface area contributed by atoms with Crippen LogP contribution in [-0.4, -0.2) is 45.4 Å². The van der Waals surface area contributed by atoms with E-state index in [1.165, 1.54) is 28.4 Å². The predicted molar refractivity (Wildman–Crippen MR) is 92.3 cm³/mol. The van der Waals surface area contributed by atoms with Gasteiger partial charge in [-0.25, -0.2) is 9.07 Å². The molecule has 1 aromatic carbocycles. The lowest BCUT2D eigenvalue weighted by Crippen LogP contribution is -2.36. The number of nitrogens with zero attached hydrogens (tertiary/aromatic N) is 3. The molecule has 0 fully saturated rings. The highest BCUT2D eigenvalue weighted by Gasteiger charge is 2.22. The zero-order valence-corrected chi connectivity index (χ0v) is 14.5. The number of aliphatic hydroxyl groups is 1. The Balaban J connectivity index is 2.04. The molecule has 2 heterocycles. The average Bonchev–Trinajstić information content (AvgIpc) is 3.14. The topological polar surface area (TPSA) is 58.4 Å². The molecule has 5 nitrogen and oxygen atoms in total. The fraction of sp³-hybridized carbons (Fsp3) is 0.294. The van der Waals surface area contributed by atoms with Crippen LogP contribution in [0.3, 0.4) is 0 Å². The Labute approximate surface area is 142 Å². The zero-order valence-electron chi connectivity index (χ0n) is 13.7. The number of benzene rings is 1. The standard InChI is InChI=1S/C17H18FN3O2S/c1-10(9-22)20(3)16(23)15-8-14-11(2)19-21(17(14)24-15)13-6-4-12(18)5-7-13/h4-8,10,22H,9H2,1-3H3. The van der Waals surface area contributed by atoms with Gasteiger partial charge in [-0.2, -0.15) is 5.10 Å². The fourth-order valence-corrected chi connectivity index (χ4v) is 3.57. The Hall–Kier alpha value is -2.25. The van der Waals surface area contributed by atoms with E-state index in [0.29, 0.717) is 4.88 Å². The van der Waals surface area contributed by atoms with E-state index in [0.717, 1.165) is 21.6 Å². The second kappa shape index (κ2) is 6.33. The van der Waals surface area contributed by atoms with Crippen LogP contribution in [0.4, 0.5) is 4.39 Å². The number of aliphatic hydroxyl groups excluding tert-OH is 1. The second-order valence-corrected chi connectivity index (χ2v) is 6.78. The summed E-state index contributed by atoms with van der Waals surface area (Å²) in [6.07, 6.45) is 0. The number of rotatable bonds is 4. The van der Waals surface area contributed by atoms with E-state index in [4.69, 9.17) is 0 Å². The fourth-order valence-electron chi connectivity index (χ4n) is 2.41. The molecule has 0 saturated heterocycles. The van der Waals surface area contributed by atoms with Gasteiger partial charge in [-0.1, -0.05) is 0 Å². The Kier molecular flexibility index (Phi) is 4.38. The molecular weight excluding hydrogens is 329 g/mol. The van der Waals surface area contributed by atoms with Gasteiger partial charge in [-0.3, -0.25) is 4.79 Å². The summed E-state index contributed by atoms with van der Waals surface area (Å²) in [5, 5.41) is 14.6. The first-order valence-corrected chi connectivity index (χ1v) is 8.37. The van der Waals surface area contributed by atoms with E-state index < -0.39 is 0 Å². The Morgan fingerprint density at radius 3 is 2.71 bits per heavy atom. The number of aromatic nitrogens is 2. The zero-order chi connectivity index (χ0) is 17.4. The van der Waals surface area contributed by atoms with Gasteiger partial charge < -0.3 is 10.0 Å². The van der Waals surface area contributed by atoms with Gasteiger partial charge in [0.15, 0.2) is 0 Å². The van der Waals surface area contributed by atoms with Gasteiger partial charge in [0.1, 0.15) is 10.6 Å². The molecule has 126 valence electrons. The third kappa shape index (κ3) is 2.81. The maximum Gasteiger partial charge on any atom is 0.264 e. The summed E-state index contributed by atoms with van der Waals surface area (Å²) < 4.78 is 14.9. The van der Waals surface area contributed by atoms with Crippen LogP contribution in [0, 0.1) is 12.7 Å². The van der Waals surface area contributed by atoms with E-state index in [9.17, 15) is 14.3 Å². The minimum absolute atomic E-state index is 0.0878. The molecule has 2 aromatic heterocycles. The molecule has 3 rings (SSSR count). The number of aryl methyl sites for hydroxylation is 1. The van der Waals surface area contributed by atoms with Crippen molar-refractivity contribution < 1.29 is 14.3 Å². The van der Waals surface area contributed by atoms with Gasteiger partial charge in [-0.15, -0.1) is 11.3 Å². The first-order valence-electron chi connectivity index (χ1n) is 7.55. The highest BCUT2D eigenvalue weighted by molar-refractivity contribution is 7.20. The summed E-state index contributed by atoms with van der Waals surface area (Å²) >= 11 is 1.34. The van der Waals surface area contributed by atoms with Gasteiger partial charge in [0, 0.05) is 12.4 Å². The van der Waals surface area contributed by atoms with Crippen LogP contribution < -0.4 is 0 Å². The van der Waals surface area contributed by atoms with Crippen molar-refractivity contribution in [2.75, 3.05) is 13.7 Å². The molecule has 7 heteroatoms. The molecule has 24 heavy (non-hydrogen) atoms. The lowest BCUT2D eigenvalue weighted by molar-refractivity contribution is 0.0687. The summed E-state index contributed by atoms with van der Waals surface area (Å²) in [4.78, 5) is 15.5. The minimum Gasteiger partial charge on any atom is -0.394 e. The molecule has 0 aliphatic carbocycles. The van der Waals surface area contributed by atoms with Crippen LogP contribution in [0.25, 0.3) is 15.9 Å². The number of amides is 1. The van der Waals surface area contributed by atoms with Gasteiger partial charge in [0.2, 0.25) is 0 Å². The lowest BCUT2D eigenvalue weighted by atomic mass is 10.2.